The van der Waals surface area contributed by atoms with Crippen LogP contribution in [0, 0.1) is 13.8 Å². The Labute approximate surface area is 194 Å². The molecule has 0 aliphatic carbocycles. The molecular weight excluding hydrogens is 416 g/mol. The number of ether oxygens (including phenoxy) is 2. The van der Waals surface area contributed by atoms with Gasteiger partial charge in [-0.1, -0.05) is 54.1 Å². The van der Waals surface area contributed by atoms with Crippen molar-refractivity contribution in [2.75, 3.05) is 14.2 Å². The molecule has 0 radical (unpaired) electrons. The van der Waals surface area contributed by atoms with E-state index in [0.717, 1.165) is 33.6 Å². The number of nitrogens with one attached hydrogen (secondary N) is 1. The molecule has 33 heavy (non-hydrogen) atoms. The van der Waals surface area contributed by atoms with Crippen molar-refractivity contribution in [1.82, 2.24) is 10.2 Å². The van der Waals surface area contributed by atoms with Gasteiger partial charge in [-0.2, -0.15) is 0 Å². The molecule has 1 amide bonds. The number of rotatable bonds is 7. The Hall–Kier alpha value is -3.64. The lowest BCUT2D eigenvalue weighted by Gasteiger charge is -2.30. The maximum absolute atomic E-state index is 13.3. The summed E-state index contributed by atoms with van der Waals surface area (Å²) in [6.45, 7) is 4.37. The second-order valence-electron chi connectivity index (χ2n) is 8.25. The highest BCUT2D eigenvalue weighted by Gasteiger charge is 2.39. The first-order valence-electron chi connectivity index (χ1n) is 10.9. The van der Waals surface area contributed by atoms with Crippen molar-refractivity contribution in [3.8, 4) is 5.75 Å². The van der Waals surface area contributed by atoms with Gasteiger partial charge in [0, 0.05) is 17.7 Å². The van der Waals surface area contributed by atoms with E-state index in [9.17, 15) is 9.59 Å². The van der Waals surface area contributed by atoms with Crippen molar-refractivity contribution >= 4 is 11.9 Å². The number of carbonyl (C=O) groups is 2. The predicted octanol–water partition coefficient (Wildman–Crippen LogP) is 4.47. The van der Waals surface area contributed by atoms with Gasteiger partial charge in [0.15, 0.2) is 0 Å². The van der Waals surface area contributed by atoms with Gasteiger partial charge in [0.05, 0.1) is 14.2 Å². The zero-order chi connectivity index (χ0) is 23.5. The molecule has 2 atom stereocenters. The van der Waals surface area contributed by atoms with E-state index < -0.39 is 18.2 Å². The summed E-state index contributed by atoms with van der Waals surface area (Å²) in [6.07, 6.45) is -0.486. The molecule has 1 heterocycles. The standard InChI is InChI=1S/C27H28N2O4/c1-17-9-14-21(18(2)15-17)24(27(31)33-4)28-25-22-7-5-6-8-23(22)26(30)29(25)16-19-10-12-20(32-3)13-11-19/h5-15,24-25,28H,16H2,1-4H3/t24-,25+/m1/s1. The van der Waals surface area contributed by atoms with Gasteiger partial charge in [0.2, 0.25) is 0 Å². The minimum absolute atomic E-state index is 0.0804. The second-order valence-corrected chi connectivity index (χ2v) is 8.25. The third-order valence-electron chi connectivity index (χ3n) is 6.07. The molecule has 170 valence electrons. The average Bonchev–Trinajstić information content (AvgIpc) is 3.09. The van der Waals surface area contributed by atoms with E-state index in [1.54, 1.807) is 12.0 Å². The second kappa shape index (κ2) is 9.46. The quantitative estimate of drug-likeness (QED) is 0.545. The van der Waals surface area contributed by atoms with Crippen molar-refractivity contribution in [1.29, 1.82) is 0 Å². The van der Waals surface area contributed by atoms with Crippen LogP contribution < -0.4 is 10.1 Å². The van der Waals surface area contributed by atoms with E-state index in [4.69, 9.17) is 9.47 Å². The fraction of sp³-hybridized carbons (Fsp3) is 0.259. The van der Waals surface area contributed by atoms with E-state index in [2.05, 4.69) is 5.32 Å². The first kappa shape index (κ1) is 22.6. The summed E-state index contributed by atoms with van der Waals surface area (Å²) in [6, 6.07) is 20.4. The highest BCUT2D eigenvalue weighted by atomic mass is 16.5. The molecule has 0 saturated heterocycles. The molecule has 0 unspecified atom stereocenters. The summed E-state index contributed by atoms with van der Waals surface area (Å²) in [5.41, 5.74) is 5.36. The Morgan fingerprint density at radius 2 is 1.76 bits per heavy atom. The number of hydrogen-bond donors (Lipinski definition) is 1. The molecule has 0 fully saturated rings. The Balaban J connectivity index is 1.71. The molecule has 6 nitrogen and oxygen atoms in total. The van der Waals surface area contributed by atoms with Crippen LogP contribution in [0.2, 0.25) is 0 Å². The zero-order valence-electron chi connectivity index (χ0n) is 19.3. The van der Waals surface area contributed by atoms with Crippen molar-refractivity contribution < 1.29 is 19.1 Å². The smallest absolute Gasteiger partial charge is 0.327 e. The molecule has 1 aliphatic rings. The third kappa shape index (κ3) is 4.47. The number of nitrogens with zero attached hydrogens (tertiary/aromatic N) is 1. The summed E-state index contributed by atoms with van der Waals surface area (Å²) in [7, 11) is 3.00. The highest BCUT2D eigenvalue weighted by molar-refractivity contribution is 5.99. The number of methoxy groups -OCH3 is 2. The van der Waals surface area contributed by atoms with Gasteiger partial charge < -0.3 is 14.4 Å². The Bertz CT molecular complexity index is 1170. The van der Waals surface area contributed by atoms with Gasteiger partial charge in [-0.3, -0.25) is 10.1 Å². The van der Waals surface area contributed by atoms with Crippen molar-refractivity contribution in [2.45, 2.75) is 32.6 Å². The lowest BCUT2D eigenvalue weighted by Crippen LogP contribution is -2.41. The van der Waals surface area contributed by atoms with E-state index in [1.165, 1.54) is 7.11 Å². The maximum atomic E-state index is 13.3. The van der Waals surface area contributed by atoms with Crippen molar-refractivity contribution in [2.24, 2.45) is 0 Å². The zero-order valence-corrected chi connectivity index (χ0v) is 19.3. The number of aryl methyl sites for hydroxylation is 2. The first-order valence-corrected chi connectivity index (χ1v) is 10.9. The molecule has 1 aliphatic heterocycles. The number of hydrogen-bond acceptors (Lipinski definition) is 5. The summed E-state index contributed by atoms with van der Waals surface area (Å²) in [4.78, 5) is 28.0. The molecule has 0 saturated carbocycles. The summed E-state index contributed by atoms with van der Waals surface area (Å²) < 4.78 is 10.4. The van der Waals surface area contributed by atoms with E-state index in [0.29, 0.717) is 12.1 Å². The van der Waals surface area contributed by atoms with Crippen LogP contribution in [0.1, 0.15) is 50.4 Å². The molecule has 3 aromatic carbocycles. The molecule has 6 heteroatoms. The normalized spacial score (nSPS) is 15.8. The lowest BCUT2D eigenvalue weighted by atomic mass is 9.98. The van der Waals surface area contributed by atoms with Crippen LogP contribution in [0.5, 0.6) is 5.75 Å². The van der Waals surface area contributed by atoms with Crippen LogP contribution in [0.25, 0.3) is 0 Å². The Morgan fingerprint density at radius 1 is 1.03 bits per heavy atom. The summed E-state index contributed by atoms with van der Waals surface area (Å²) >= 11 is 0. The lowest BCUT2D eigenvalue weighted by molar-refractivity contribution is -0.144. The third-order valence-corrected chi connectivity index (χ3v) is 6.07. The molecule has 0 bridgehead atoms. The van der Waals surface area contributed by atoms with Gasteiger partial charge in [0.1, 0.15) is 18.0 Å². The number of esters is 1. The monoisotopic (exact) mass is 444 g/mol. The average molecular weight is 445 g/mol. The fourth-order valence-corrected chi connectivity index (χ4v) is 4.35. The molecule has 0 aromatic heterocycles. The van der Waals surface area contributed by atoms with Crippen LogP contribution >= 0.6 is 0 Å². The number of carbonyl (C=O) groups excluding carboxylic acids is 2. The summed E-state index contributed by atoms with van der Waals surface area (Å²) in [5, 5.41) is 3.43. The molecule has 1 N–H and O–H groups in total. The van der Waals surface area contributed by atoms with Gasteiger partial charge in [-0.05, 0) is 48.7 Å². The molecule has 3 aromatic rings. The Kier molecular flexibility index (Phi) is 6.47. The van der Waals surface area contributed by atoms with Crippen LogP contribution in [-0.2, 0) is 16.1 Å². The van der Waals surface area contributed by atoms with Gasteiger partial charge >= 0.3 is 5.97 Å². The molecule has 0 spiro atoms. The van der Waals surface area contributed by atoms with Gasteiger partial charge in [-0.15, -0.1) is 0 Å². The van der Waals surface area contributed by atoms with E-state index >= 15 is 0 Å². The van der Waals surface area contributed by atoms with Gasteiger partial charge in [0.25, 0.3) is 5.91 Å². The molecule has 4 rings (SSSR count). The minimum Gasteiger partial charge on any atom is -0.497 e. The highest BCUT2D eigenvalue weighted by Crippen LogP contribution is 2.35. The number of fused-ring (bicyclic) bond motifs is 1. The van der Waals surface area contributed by atoms with Crippen LogP contribution in [-0.4, -0.2) is 31.0 Å². The first-order chi connectivity index (χ1) is 15.9. The minimum atomic E-state index is -0.724. The maximum Gasteiger partial charge on any atom is 0.327 e. The van der Waals surface area contributed by atoms with E-state index in [-0.39, 0.29) is 5.91 Å². The van der Waals surface area contributed by atoms with E-state index in [1.807, 2.05) is 80.6 Å². The van der Waals surface area contributed by atoms with Crippen LogP contribution in [0.3, 0.4) is 0 Å². The van der Waals surface area contributed by atoms with Crippen LogP contribution in [0.4, 0.5) is 0 Å². The van der Waals surface area contributed by atoms with Crippen molar-refractivity contribution in [3.63, 3.8) is 0 Å². The predicted molar refractivity (Wildman–Crippen MR) is 126 cm³/mol. The van der Waals surface area contributed by atoms with Crippen molar-refractivity contribution in [3.05, 3.63) is 100 Å². The fourth-order valence-electron chi connectivity index (χ4n) is 4.35. The van der Waals surface area contributed by atoms with Gasteiger partial charge in [-0.25, -0.2) is 4.79 Å². The summed E-state index contributed by atoms with van der Waals surface area (Å²) in [5.74, 6) is 0.274. The molecular formula is C27H28N2O4. The van der Waals surface area contributed by atoms with Crippen LogP contribution in [0.15, 0.2) is 66.7 Å². The Morgan fingerprint density at radius 3 is 2.42 bits per heavy atom. The number of amides is 1. The topological polar surface area (TPSA) is 67.9 Å². The largest absolute Gasteiger partial charge is 0.497 e. The SMILES string of the molecule is COC(=O)[C@H](N[C@@H]1c2ccccc2C(=O)N1Cc1ccc(OC)cc1)c1ccc(C)cc1C. The number of benzene rings is 3.